The summed E-state index contributed by atoms with van der Waals surface area (Å²) in [5.74, 6) is -0.515. The summed E-state index contributed by atoms with van der Waals surface area (Å²) in [6.45, 7) is 0.913. The van der Waals surface area contributed by atoms with Crippen LogP contribution >= 0.6 is 0 Å². The molecule has 0 radical (unpaired) electrons. The lowest BCUT2D eigenvalue weighted by Gasteiger charge is -2.19. The smallest absolute Gasteiger partial charge is 0.419 e. The second-order valence-electron chi connectivity index (χ2n) is 4.14. The van der Waals surface area contributed by atoms with Crippen LogP contribution in [-0.4, -0.2) is 12.1 Å². The number of hydrogen-bond donors (Lipinski definition) is 1. The Morgan fingerprint density at radius 3 is 2.42 bits per heavy atom. The Morgan fingerprint density at radius 1 is 1.32 bits per heavy atom. The van der Waals surface area contributed by atoms with Crippen LogP contribution in [0.1, 0.15) is 18.1 Å². The summed E-state index contributed by atoms with van der Waals surface area (Å²) >= 11 is 0. The maximum Gasteiger partial charge on any atom is 0.419 e. The third kappa shape index (κ3) is 3.87. The fourth-order valence-corrected chi connectivity index (χ4v) is 1.21. The van der Waals surface area contributed by atoms with Crippen molar-refractivity contribution in [2.45, 2.75) is 18.6 Å². The van der Waals surface area contributed by atoms with E-state index >= 15 is 0 Å². The number of nitriles is 2. The summed E-state index contributed by atoms with van der Waals surface area (Å²) in [5.41, 5.74) is 3.06. The van der Waals surface area contributed by atoms with E-state index in [2.05, 4.69) is 0 Å². The van der Waals surface area contributed by atoms with Crippen LogP contribution < -0.4 is 10.5 Å². The lowest BCUT2D eigenvalue weighted by molar-refractivity contribution is -0.139. The van der Waals surface area contributed by atoms with Gasteiger partial charge in [-0.2, -0.15) is 23.7 Å². The zero-order valence-corrected chi connectivity index (χ0v) is 9.95. The molecule has 1 unspecified atom stereocenters. The molecule has 0 aromatic heterocycles. The summed E-state index contributed by atoms with van der Waals surface area (Å²) in [6, 6.07) is 6.19. The molecular formula is C12H10F3N3O. The molecule has 1 rings (SSSR count). The molecule has 0 heterocycles. The van der Waals surface area contributed by atoms with Gasteiger partial charge in [-0.15, -0.1) is 0 Å². The van der Waals surface area contributed by atoms with Crippen molar-refractivity contribution in [3.05, 3.63) is 29.3 Å². The standard InChI is InChI=1S/C12H10F3N3O/c1-11(18,6-17)7-19-10-4-8(5-16)2-3-9(10)12(13,14)15/h2-4H,7,18H2,1H3. The van der Waals surface area contributed by atoms with Crippen molar-refractivity contribution in [3.8, 4) is 17.9 Å². The molecule has 0 saturated carbocycles. The number of ether oxygens (including phenoxy) is 1. The van der Waals surface area contributed by atoms with Gasteiger partial charge in [0.25, 0.3) is 0 Å². The summed E-state index contributed by atoms with van der Waals surface area (Å²) in [6.07, 6.45) is -4.61. The lowest BCUT2D eigenvalue weighted by atomic mass is 10.1. The van der Waals surface area contributed by atoms with Gasteiger partial charge in [0.05, 0.1) is 23.3 Å². The molecule has 0 aliphatic heterocycles. The van der Waals surface area contributed by atoms with Gasteiger partial charge in [-0.05, 0) is 25.1 Å². The van der Waals surface area contributed by atoms with E-state index in [-0.39, 0.29) is 5.56 Å². The quantitative estimate of drug-likeness (QED) is 0.911. The lowest BCUT2D eigenvalue weighted by Crippen LogP contribution is -2.40. The summed E-state index contributed by atoms with van der Waals surface area (Å²) in [7, 11) is 0. The maximum atomic E-state index is 12.7. The van der Waals surface area contributed by atoms with Gasteiger partial charge >= 0.3 is 6.18 Å². The van der Waals surface area contributed by atoms with Crippen molar-refractivity contribution < 1.29 is 17.9 Å². The normalized spacial score (nSPS) is 14.1. The van der Waals surface area contributed by atoms with Crippen LogP contribution in [0, 0.1) is 22.7 Å². The van der Waals surface area contributed by atoms with E-state index in [1.54, 1.807) is 12.1 Å². The van der Waals surface area contributed by atoms with E-state index in [9.17, 15) is 13.2 Å². The Hall–Kier alpha value is -2.25. The molecule has 0 aliphatic rings. The topological polar surface area (TPSA) is 82.8 Å². The van der Waals surface area contributed by atoms with E-state index in [1.807, 2.05) is 0 Å². The van der Waals surface area contributed by atoms with Crippen molar-refractivity contribution in [1.29, 1.82) is 10.5 Å². The van der Waals surface area contributed by atoms with Crippen LogP contribution in [0.5, 0.6) is 5.75 Å². The van der Waals surface area contributed by atoms with E-state index in [1.165, 1.54) is 6.92 Å². The Labute approximate surface area is 107 Å². The summed E-state index contributed by atoms with van der Waals surface area (Å²) < 4.78 is 43.1. The highest BCUT2D eigenvalue weighted by Gasteiger charge is 2.35. The minimum absolute atomic E-state index is 0.0266. The molecule has 0 spiro atoms. The van der Waals surface area contributed by atoms with Crippen LogP contribution in [0.3, 0.4) is 0 Å². The molecular weight excluding hydrogens is 259 g/mol. The van der Waals surface area contributed by atoms with Crippen LogP contribution in [0.25, 0.3) is 0 Å². The molecule has 0 bridgehead atoms. The van der Waals surface area contributed by atoms with Crippen LogP contribution in [0.15, 0.2) is 18.2 Å². The third-order valence-corrected chi connectivity index (χ3v) is 2.20. The molecule has 1 atom stereocenters. The number of halogens is 3. The zero-order chi connectivity index (χ0) is 14.7. The molecule has 0 saturated heterocycles. The van der Waals surface area contributed by atoms with Gasteiger partial charge in [0.15, 0.2) is 0 Å². The van der Waals surface area contributed by atoms with Gasteiger partial charge in [-0.3, -0.25) is 0 Å². The molecule has 0 amide bonds. The van der Waals surface area contributed by atoms with Gasteiger partial charge < -0.3 is 10.5 Å². The first-order chi connectivity index (χ1) is 8.69. The number of alkyl halides is 3. The van der Waals surface area contributed by atoms with Crippen LogP contribution in [0.2, 0.25) is 0 Å². The molecule has 2 N–H and O–H groups in total. The molecule has 4 nitrogen and oxygen atoms in total. The summed E-state index contributed by atoms with van der Waals surface area (Å²) in [5, 5.41) is 17.3. The van der Waals surface area contributed by atoms with Crippen molar-refractivity contribution >= 4 is 0 Å². The van der Waals surface area contributed by atoms with E-state index in [0.717, 1.165) is 18.2 Å². The number of benzene rings is 1. The number of rotatable bonds is 3. The summed E-state index contributed by atoms with van der Waals surface area (Å²) in [4.78, 5) is 0. The van der Waals surface area contributed by atoms with E-state index < -0.39 is 29.6 Å². The fourth-order valence-electron chi connectivity index (χ4n) is 1.21. The second-order valence-corrected chi connectivity index (χ2v) is 4.14. The Morgan fingerprint density at radius 2 is 1.95 bits per heavy atom. The van der Waals surface area contributed by atoms with E-state index in [0.29, 0.717) is 0 Å². The van der Waals surface area contributed by atoms with Crippen molar-refractivity contribution in [3.63, 3.8) is 0 Å². The highest BCUT2D eigenvalue weighted by molar-refractivity contribution is 5.44. The van der Waals surface area contributed by atoms with Crippen molar-refractivity contribution in [2.75, 3.05) is 6.61 Å². The first-order valence-corrected chi connectivity index (χ1v) is 5.14. The predicted molar refractivity (Wildman–Crippen MR) is 59.9 cm³/mol. The maximum absolute atomic E-state index is 12.7. The number of hydrogen-bond acceptors (Lipinski definition) is 4. The Kier molecular flexibility index (Phi) is 4.03. The SMILES string of the molecule is CC(N)(C#N)COc1cc(C#N)ccc1C(F)(F)F. The molecule has 19 heavy (non-hydrogen) atoms. The van der Waals surface area contributed by atoms with Gasteiger partial charge in [0.1, 0.15) is 17.9 Å². The minimum Gasteiger partial charge on any atom is -0.490 e. The van der Waals surface area contributed by atoms with Crippen LogP contribution in [0.4, 0.5) is 13.2 Å². The van der Waals surface area contributed by atoms with Gasteiger partial charge in [0.2, 0.25) is 0 Å². The second kappa shape index (κ2) is 5.17. The number of nitrogens with two attached hydrogens (primary N) is 1. The minimum atomic E-state index is -4.61. The molecule has 0 fully saturated rings. The highest BCUT2D eigenvalue weighted by atomic mass is 19.4. The first-order valence-electron chi connectivity index (χ1n) is 5.14. The average Bonchev–Trinajstić information content (AvgIpc) is 2.35. The van der Waals surface area contributed by atoms with E-state index in [4.69, 9.17) is 21.0 Å². The Bertz CT molecular complexity index is 553. The molecule has 1 aromatic rings. The largest absolute Gasteiger partial charge is 0.490 e. The van der Waals surface area contributed by atoms with Crippen molar-refractivity contribution in [2.24, 2.45) is 5.73 Å². The van der Waals surface area contributed by atoms with Gasteiger partial charge in [-0.1, -0.05) is 0 Å². The first kappa shape index (κ1) is 14.8. The van der Waals surface area contributed by atoms with Gasteiger partial charge in [0, 0.05) is 0 Å². The van der Waals surface area contributed by atoms with Gasteiger partial charge in [-0.25, -0.2) is 0 Å². The third-order valence-electron chi connectivity index (χ3n) is 2.20. The fraction of sp³-hybridized carbons (Fsp3) is 0.333. The zero-order valence-electron chi connectivity index (χ0n) is 9.95. The predicted octanol–water partition coefficient (Wildman–Crippen LogP) is 2.20. The van der Waals surface area contributed by atoms with Crippen molar-refractivity contribution in [1.82, 2.24) is 0 Å². The Balaban J connectivity index is 3.11. The average molecular weight is 269 g/mol. The molecule has 100 valence electrons. The highest BCUT2D eigenvalue weighted by Crippen LogP contribution is 2.36. The number of nitrogens with zero attached hydrogens (tertiary/aromatic N) is 2. The molecule has 1 aromatic carbocycles. The molecule has 7 heteroatoms. The molecule has 0 aliphatic carbocycles. The monoisotopic (exact) mass is 269 g/mol. The van der Waals surface area contributed by atoms with Crippen LogP contribution in [-0.2, 0) is 6.18 Å².